The van der Waals surface area contributed by atoms with Crippen molar-refractivity contribution >= 4 is 43.5 Å². The summed E-state index contributed by atoms with van der Waals surface area (Å²) in [6.45, 7) is 0. The summed E-state index contributed by atoms with van der Waals surface area (Å²) in [5, 5.41) is 0.442. The van der Waals surface area contributed by atoms with Crippen LogP contribution in [-0.2, 0) is 0 Å². The second-order valence-electron chi connectivity index (χ2n) is 4.26. The number of hydrogen-bond acceptors (Lipinski definition) is 2. The quantitative estimate of drug-likeness (QED) is 0.448. The Morgan fingerprint density at radius 1 is 1.10 bits per heavy atom. The molecule has 0 N–H and O–H groups in total. The summed E-state index contributed by atoms with van der Waals surface area (Å²) in [4.78, 5) is -0.409. The van der Waals surface area contributed by atoms with E-state index in [0.717, 1.165) is 5.56 Å². The molecule has 2 rings (SSSR count). The lowest BCUT2D eigenvalue weighted by molar-refractivity contribution is 0.399. The third kappa shape index (κ3) is 3.52. The number of hydrogen-bond donors (Lipinski definition) is 0. The van der Waals surface area contributed by atoms with Gasteiger partial charge in [0.25, 0.3) is 0 Å². The lowest BCUT2D eigenvalue weighted by atomic mass is 10.0. The van der Waals surface area contributed by atoms with Crippen LogP contribution in [0.15, 0.2) is 34.8 Å². The van der Waals surface area contributed by atoms with Crippen molar-refractivity contribution in [3.05, 3.63) is 56.8 Å². The molecule has 1 atom stereocenters. The first kappa shape index (κ1) is 16.6. The first-order valence-electron chi connectivity index (χ1n) is 5.98. The van der Waals surface area contributed by atoms with Crippen molar-refractivity contribution in [3.8, 4) is 11.5 Å². The first-order valence-corrected chi connectivity index (χ1v) is 8.07. The summed E-state index contributed by atoms with van der Waals surface area (Å²) in [7, 11) is 3.14. The summed E-state index contributed by atoms with van der Waals surface area (Å²) in [5.41, 5.74) is 1.18. The van der Waals surface area contributed by atoms with Crippen LogP contribution in [0.25, 0.3) is 0 Å². The summed E-state index contributed by atoms with van der Waals surface area (Å²) in [6, 6.07) is 8.29. The zero-order chi connectivity index (χ0) is 15.6. The number of halogens is 4. The largest absolute Gasteiger partial charge is 0.497 e. The zero-order valence-corrected chi connectivity index (χ0v) is 15.2. The molecule has 0 aliphatic carbocycles. The first-order chi connectivity index (χ1) is 9.97. The highest BCUT2D eigenvalue weighted by molar-refractivity contribution is 9.10. The zero-order valence-electron chi connectivity index (χ0n) is 11.3. The molecule has 6 heteroatoms. The van der Waals surface area contributed by atoms with Crippen LogP contribution in [0.3, 0.4) is 0 Å². The maximum Gasteiger partial charge on any atom is 0.129 e. The van der Waals surface area contributed by atoms with Gasteiger partial charge in [0.2, 0.25) is 0 Å². The Kier molecular flexibility index (Phi) is 5.52. The van der Waals surface area contributed by atoms with Gasteiger partial charge in [0.15, 0.2) is 0 Å². The minimum absolute atomic E-state index is 0.363. The van der Waals surface area contributed by atoms with E-state index in [1.54, 1.807) is 38.5 Å². The average Bonchev–Trinajstić information content (AvgIpc) is 2.49. The molecule has 0 fully saturated rings. The lowest BCUT2D eigenvalue weighted by Crippen LogP contribution is -2.01. The Morgan fingerprint density at radius 2 is 1.81 bits per heavy atom. The van der Waals surface area contributed by atoms with Crippen LogP contribution in [0.5, 0.6) is 11.5 Å². The second-order valence-corrected chi connectivity index (χ2v) is 6.44. The van der Waals surface area contributed by atoms with Crippen LogP contribution in [0.2, 0.25) is 5.02 Å². The molecule has 0 saturated heterocycles. The van der Waals surface area contributed by atoms with Gasteiger partial charge in [0.1, 0.15) is 17.3 Å². The molecule has 0 aromatic heterocycles. The minimum atomic E-state index is -0.409. The minimum Gasteiger partial charge on any atom is -0.497 e. The van der Waals surface area contributed by atoms with Gasteiger partial charge in [-0.25, -0.2) is 4.39 Å². The fraction of sp³-hybridized carbons (Fsp3) is 0.200. The Balaban J connectivity index is 2.53. The van der Waals surface area contributed by atoms with Gasteiger partial charge in [-0.05, 0) is 46.3 Å². The standard InChI is InChI=1S/C15H12Br2ClFO2/c1-20-8-3-4-14(21-2)10(5-8)15(17)9-6-12(18)11(16)7-13(9)19/h3-7,15H,1-2H3. The molecule has 112 valence electrons. The van der Waals surface area contributed by atoms with Crippen molar-refractivity contribution in [1.29, 1.82) is 0 Å². The smallest absolute Gasteiger partial charge is 0.129 e. The summed E-state index contributed by atoms with van der Waals surface area (Å²) >= 11 is 12.8. The van der Waals surface area contributed by atoms with Gasteiger partial charge in [0, 0.05) is 15.6 Å². The second kappa shape index (κ2) is 6.99. The van der Waals surface area contributed by atoms with Crippen LogP contribution >= 0.6 is 43.5 Å². The van der Waals surface area contributed by atoms with Gasteiger partial charge >= 0.3 is 0 Å². The Bertz CT molecular complexity index is 664. The van der Waals surface area contributed by atoms with E-state index in [2.05, 4.69) is 31.9 Å². The molecule has 0 amide bonds. The summed E-state index contributed by atoms with van der Waals surface area (Å²) in [5.74, 6) is 0.938. The van der Waals surface area contributed by atoms with Crippen LogP contribution in [0.1, 0.15) is 16.0 Å². The molecule has 0 aliphatic heterocycles. The molecule has 0 heterocycles. The SMILES string of the molecule is COc1ccc(OC)c(C(Br)c2cc(Cl)c(Br)cc2F)c1. The van der Waals surface area contributed by atoms with E-state index in [9.17, 15) is 4.39 Å². The van der Waals surface area contributed by atoms with Crippen molar-refractivity contribution in [2.75, 3.05) is 14.2 Å². The molecular formula is C15H12Br2ClFO2. The number of methoxy groups -OCH3 is 2. The van der Waals surface area contributed by atoms with Crippen LogP contribution < -0.4 is 9.47 Å². The van der Waals surface area contributed by atoms with Crippen molar-refractivity contribution in [3.63, 3.8) is 0 Å². The molecule has 2 aromatic carbocycles. The Hall–Kier alpha value is -0.780. The van der Waals surface area contributed by atoms with E-state index in [0.29, 0.717) is 26.6 Å². The number of ether oxygens (including phenoxy) is 2. The topological polar surface area (TPSA) is 18.5 Å². The van der Waals surface area contributed by atoms with Crippen molar-refractivity contribution in [1.82, 2.24) is 0 Å². The molecule has 2 aromatic rings. The Labute approximate surface area is 144 Å². The van der Waals surface area contributed by atoms with Crippen molar-refractivity contribution < 1.29 is 13.9 Å². The van der Waals surface area contributed by atoms with E-state index in [1.165, 1.54) is 6.07 Å². The van der Waals surface area contributed by atoms with E-state index >= 15 is 0 Å². The third-order valence-corrected chi connectivity index (χ3v) is 5.21. The molecule has 0 aliphatic rings. The molecular weight excluding hydrogens is 426 g/mol. The fourth-order valence-corrected chi connectivity index (χ4v) is 3.13. The van der Waals surface area contributed by atoms with E-state index in [4.69, 9.17) is 21.1 Å². The highest BCUT2D eigenvalue weighted by Crippen LogP contribution is 2.41. The number of rotatable bonds is 4. The third-order valence-electron chi connectivity index (χ3n) is 3.02. The number of benzene rings is 2. The lowest BCUT2D eigenvalue weighted by Gasteiger charge is -2.17. The van der Waals surface area contributed by atoms with E-state index in [1.807, 2.05) is 0 Å². The molecule has 0 spiro atoms. The fourth-order valence-electron chi connectivity index (χ4n) is 1.94. The van der Waals surface area contributed by atoms with E-state index < -0.39 is 4.83 Å². The van der Waals surface area contributed by atoms with Crippen LogP contribution in [0.4, 0.5) is 4.39 Å². The molecule has 2 nitrogen and oxygen atoms in total. The van der Waals surface area contributed by atoms with Gasteiger partial charge in [0.05, 0.1) is 24.1 Å². The van der Waals surface area contributed by atoms with Gasteiger partial charge in [-0.15, -0.1) is 0 Å². The van der Waals surface area contributed by atoms with Gasteiger partial charge in [-0.2, -0.15) is 0 Å². The molecule has 0 radical (unpaired) electrons. The highest BCUT2D eigenvalue weighted by atomic mass is 79.9. The molecule has 0 bridgehead atoms. The normalized spacial score (nSPS) is 12.1. The van der Waals surface area contributed by atoms with Crippen LogP contribution in [-0.4, -0.2) is 14.2 Å². The van der Waals surface area contributed by atoms with E-state index in [-0.39, 0.29) is 5.82 Å². The predicted molar refractivity (Wildman–Crippen MR) is 89.4 cm³/mol. The van der Waals surface area contributed by atoms with Gasteiger partial charge in [-0.3, -0.25) is 0 Å². The average molecular weight is 439 g/mol. The van der Waals surface area contributed by atoms with Crippen molar-refractivity contribution in [2.24, 2.45) is 0 Å². The monoisotopic (exact) mass is 436 g/mol. The van der Waals surface area contributed by atoms with Crippen LogP contribution in [0, 0.1) is 5.82 Å². The highest BCUT2D eigenvalue weighted by Gasteiger charge is 2.21. The maximum atomic E-state index is 14.2. The van der Waals surface area contributed by atoms with Crippen molar-refractivity contribution in [2.45, 2.75) is 4.83 Å². The summed E-state index contributed by atoms with van der Waals surface area (Å²) < 4.78 is 25.3. The molecule has 21 heavy (non-hydrogen) atoms. The predicted octanol–water partition coefficient (Wildman–Crippen LogP) is 5.74. The maximum absolute atomic E-state index is 14.2. The number of alkyl halides is 1. The molecule has 0 saturated carbocycles. The summed E-state index contributed by atoms with van der Waals surface area (Å²) in [6.07, 6.45) is 0. The van der Waals surface area contributed by atoms with Gasteiger partial charge < -0.3 is 9.47 Å². The Morgan fingerprint density at radius 3 is 2.43 bits per heavy atom. The van der Waals surface area contributed by atoms with Gasteiger partial charge in [-0.1, -0.05) is 27.5 Å². The molecule has 1 unspecified atom stereocenters.